The molecule has 2 aromatic rings. The number of benzene rings is 2. The van der Waals surface area contributed by atoms with Gasteiger partial charge in [0.1, 0.15) is 5.69 Å². The highest BCUT2D eigenvalue weighted by atomic mass is 79.9. The molecule has 0 unspecified atom stereocenters. The first-order chi connectivity index (χ1) is 9.24. The van der Waals surface area contributed by atoms with Gasteiger partial charge in [0.05, 0.1) is 16.6 Å². The van der Waals surface area contributed by atoms with Crippen molar-refractivity contribution in [1.82, 2.24) is 14.5 Å². The first kappa shape index (κ1) is 10.9. The Morgan fingerprint density at radius 1 is 1.00 bits per heavy atom. The van der Waals surface area contributed by atoms with Gasteiger partial charge in [-0.1, -0.05) is 28.1 Å². The minimum Gasteiger partial charge on any atom is -0.326 e. The average Bonchev–Trinajstić information content (AvgIpc) is 2.78. The van der Waals surface area contributed by atoms with Gasteiger partial charge < -0.3 is 4.57 Å². The van der Waals surface area contributed by atoms with E-state index in [0.29, 0.717) is 0 Å². The summed E-state index contributed by atoms with van der Waals surface area (Å²) >= 11 is 3.51. The van der Waals surface area contributed by atoms with Gasteiger partial charge in [-0.25, -0.2) is 9.97 Å². The molecule has 4 heteroatoms. The van der Waals surface area contributed by atoms with E-state index in [1.165, 1.54) is 0 Å². The molecule has 2 aliphatic heterocycles. The number of rotatable bonds is 0. The molecule has 0 spiro atoms. The fourth-order valence-electron chi connectivity index (χ4n) is 2.50. The quantitative estimate of drug-likeness (QED) is 0.491. The Morgan fingerprint density at radius 2 is 1.84 bits per heavy atom. The zero-order chi connectivity index (χ0) is 13.0. The summed E-state index contributed by atoms with van der Waals surface area (Å²) in [7, 11) is 2.03. The first-order valence-electron chi connectivity index (χ1n) is 6.04. The van der Waals surface area contributed by atoms with Crippen LogP contribution >= 0.6 is 15.9 Å². The molecule has 0 atom stereocenters. The smallest absolute Gasteiger partial charge is 0.160 e. The van der Waals surface area contributed by atoms with Crippen LogP contribution in [-0.4, -0.2) is 14.5 Å². The van der Waals surface area contributed by atoms with Gasteiger partial charge in [-0.2, -0.15) is 0 Å². The van der Waals surface area contributed by atoms with Crippen molar-refractivity contribution in [3.8, 4) is 11.5 Å². The van der Waals surface area contributed by atoms with Gasteiger partial charge in [0.15, 0.2) is 5.82 Å². The van der Waals surface area contributed by atoms with Gasteiger partial charge in [-0.3, -0.25) is 0 Å². The predicted molar refractivity (Wildman–Crippen MR) is 80.3 cm³/mol. The van der Waals surface area contributed by atoms with Crippen LogP contribution in [0, 0.1) is 0 Å². The van der Waals surface area contributed by atoms with Crippen LogP contribution in [0.15, 0.2) is 46.9 Å². The van der Waals surface area contributed by atoms with Gasteiger partial charge in [0, 0.05) is 16.9 Å². The summed E-state index contributed by atoms with van der Waals surface area (Å²) < 4.78 is 3.15. The Hall–Kier alpha value is -1.94. The largest absolute Gasteiger partial charge is 0.326 e. The van der Waals surface area contributed by atoms with Gasteiger partial charge in [0.2, 0.25) is 0 Å². The van der Waals surface area contributed by atoms with Crippen molar-refractivity contribution < 1.29 is 0 Å². The number of fused-ring (bicyclic) bond motifs is 4. The topological polar surface area (TPSA) is 30.7 Å². The van der Waals surface area contributed by atoms with Crippen molar-refractivity contribution in [2.45, 2.75) is 0 Å². The highest BCUT2D eigenvalue weighted by Crippen LogP contribution is 2.32. The van der Waals surface area contributed by atoms with Crippen LogP contribution in [0.3, 0.4) is 0 Å². The maximum Gasteiger partial charge on any atom is 0.160 e. The van der Waals surface area contributed by atoms with Crippen LogP contribution < -0.4 is 0 Å². The number of halogens is 1. The van der Waals surface area contributed by atoms with Crippen molar-refractivity contribution in [1.29, 1.82) is 0 Å². The summed E-state index contributed by atoms with van der Waals surface area (Å²) in [6, 6.07) is 14.2. The van der Waals surface area contributed by atoms with E-state index in [1.54, 1.807) is 0 Å². The minimum absolute atomic E-state index is 0.923. The highest BCUT2D eigenvalue weighted by molar-refractivity contribution is 9.10. The third kappa shape index (κ3) is 1.50. The third-order valence-corrected chi connectivity index (χ3v) is 3.94. The molecule has 2 aromatic carbocycles. The number of hydrogen-bond donors (Lipinski definition) is 0. The molecule has 3 nitrogen and oxygen atoms in total. The first-order valence-corrected chi connectivity index (χ1v) is 6.84. The summed E-state index contributed by atoms with van der Waals surface area (Å²) in [5.41, 5.74) is 4.03. The van der Waals surface area contributed by atoms with Crippen molar-refractivity contribution in [3.63, 3.8) is 0 Å². The number of para-hydroxylation sites is 2. The van der Waals surface area contributed by atoms with Crippen LogP contribution in [0.4, 0.5) is 0 Å². The Balaban J connectivity index is 2.26. The molecular formula is C15H10BrN3. The van der Waals surface area contributed by atoms with Crippen molar-refractivity contribution >= 4 is 37.9 Å². The summed E-state index contributed by atoms with van der Waals surface area (Å²) in [6.45, 7) is 0. The lowest BCUT2D eigenvalue weighted by atomic mass is 10.2. The molecule has 0 fully saturated rings. The molecular weight excluding hydrogens is 302 g/mol. The Labute approximate surface area is 118 Å². The normalized spacial score (nSPS) is 11.7. The van der Waals surface area contributed by atoms with E-state index < -0.39 is 0 Å². The number of aryl methyl sites for hydroxylation is 1. The lowest BCUT2D eigenvalue weighted by molar-refractivity contribution is 0.926. The molecule has 0 saturated heterocycles. The van der Waals surface area contributed by atoms with Gasteiger partial charge in [0.25, 0.3) is 0 Å². The fourth-order valence-corrected chi connectivity index (χ4v) is 2.86. The second kappa shape index (κ2) is 3.78. The SMILES string of the molecule is Cn1c2nc3ccc(Br)cc3c-2nc2ccccc21. The Morgan fingerprint density at radius 3 is 2.74 bits per heavy atom. The molecule has 92 valence electrons. The van der Waals surface area contributed by atoms with Crippen LogP contribution in [0.5, 0.6) is 0 Å². The maximum atomic E-state index is 4.76. The third-order valence-electron chi connectivity index (χ3n) is 3.44. The zero-order valence-electron chi connectivity index (χ0n) is 10.3. The van der Waals surface area contributed by atoms with Gasteiger partial charge in [-0.15, -0.1) is 0 Å². The molecule has 4 rings (SSSR count). The Kier molecular flexibility index (Phi) is 2.17. The fraction of sp³-hybridized carbons (Fsp3) is 0.0667. The van der Waals surface area contributed by atoms with E-state index in [0.717, 1.165) is 37.9 Å². The lowest BCUT2D eigenvalue weighted by Crippen LogP contribution is -2.01. The van der Waals surface area contributed by atoms with Crippen molar-refractivity contribution in [3.05, 3.63) is 46.9 Å². The molecule has 2 aliphatic rings. The van der Waals surface area contributed by atoms with E-state index in [9.17, 15) is 0 Å². The average molecular weight is 312 g/mol. The van der Waals surface area contributed by atoms with E-state index in [4.69, 9.17) is 4.98 Å². The molecule has 0 aromatic heterocycles. The van der Waals surface area contributed by atoms with Crippen LogP contribution in [0.25, 0.3) is 33.5 Å². The summed E-state index contributed by atoms with van der Waals surface area (Å²) in [6.07, 6.45) is 0. The molecule has 2 heterocycles. The maximum absolute atomic E-state index is 4.76. The lowest BCUT2D eigenvalue weighted by Gasteiger charge is -2.09. The second-order valence-corrected chi connectivity index (χ2v) is 5.52. The van der Waals surface area contributed by atoms with Gasteiger partial charge >= 0.3 is 0 Å². The van der Waals surface area contributed by atoms with Crippen LogP contribution in [0.1, 0.15) is 0 Å². The molecule has 0 aliphatic carbocycles. The highest BCUT2D eigenvalue weighted by Gasteiger charge is 2.17. The summed E-state index contributed by atoms with van der Waals surface area (Å²) in [5, 5.41) is 1.09. The van der Waals surface area contributed by atoms with E-state index in [2.05, 4.69) is 37.6 Å². The molecule has 0 bridgehead atoms. The minimum atomic E-state index is 0.923. The number of nitrogens with zero attached hydrogens (tertiary/aromatic N) is 3. The molecule has 0 amide bonds. The molecule has 0 N–H and O–H groups in total. The Bertz CT molecular complexity index is 895. The van der Waals surface area contributed by atoms with E-state index >= 15 is 0 Å². The number of hydrogen-bond acceptors (Lipinski definition) is 2. The number of aromatic nitrogens is 3. The van der Waals surface area contributed by atoms with E-state index in [1.807, 2.05) is 37.4 Å². The van der Waals surface area contributed by atoms with Crippen molar-refractivity contribution in [2.24, 2.45) is 7.05 Å². The van der Waals surface area contributed by atoms with Crippen LogP contribution in [-0.2, 0) is 7.05 Å². The molecule has 19 heavy (non-hydrogen) atoms. The molecule has 0 saturated carbocycles. The zero-order valence-corrected chi connectivity index (χ0v) is 11.8. The summed E-state index contributed by atoms with van der Waals surface area (Å²) in [4.78, 5) is 9.45. The van der Waals surface area contributed by atoms with Gasteiger partial charge in [-0.05, 0) is 30.3 Å². The second-order valence-electron chi connectivity index (χ2n) is 4.61. The van der Waals surface area contributed by atoms with E-state index in [-0.39, 0.29) is 0 Å². The van der Waals surface area contributed by atoms with Crippen LogP contribution in [0.2, 0.25) is 0 Å². The van der Waals surface area contributed by atoms with Crippen molar-refractivity contribution in [2.75, 3.05) is 0 Å². The molecule has 0 radical (unpaired) electrons. The predicted octanol–water partition coefficient (Wildman–Crippen LogP) is 3.99. The summed E-state index contributed by atoms with van der Waals surface area (Å²) in [5.74, 6) is 0.923. The standard InChI is InChI=1S/C15H10BrN3/c1-19-13-5-3-2-4-12(13)17-14-10-8-9(16)6-7-11(10)18-15(14)19/h2-8H,1H3. The monoisotopic (exact) mass is 311 g/mol.